The maximum atomic E-state index is 12.9. The van der Waals surface area contributed by atoms with Crippen LogP contribution in [0.15, 0.2) is 35.5 Å². The van der Waals surface area contributed by atoms with Crippen LogP contribution in [0.2, 0.25) is 0 Å². The molecule has 0 aliphatic rings. The van der Waals surface area contributed by atoms with E-state index in [0.29, 0.717) is 28.8 Å². The molecule has 0 unspecified atom stereocenters. The molecule has 0 spiro atoms. The molecule has 8 nitrogen and oxygen atoms in total. The molecule has 0 radical (unpaired) electrons. The molecule has 0 aliphatic carbocycles. The minimum atomic E-state index is -3.40. The molecule has 0 saturated heterocycles. The predicted molar refractivity (Wildman–Crippen MR) is 116 cm³/mol. The van der Waals surface area contributed by atoms with Gasteiger partial charge in [-0.2, -0.15) is 0 Å². The third-order valence-corrected chi connectivity index (χ3v) is 5.67. The molecule has 3 aromatic heterocycles. The number of rotatable bonds is 4. The summed E-state index contributed by atoms with van der Waals surface area (Å²) in [6.07, 6.45) is 2.40. The van der Waals surface area contributed by atoms with Crippen molar-refractivity contribution in [1.82, 2.24) is 14.5 Å². The van der Waals surface area contributed by atoms with Crippen LogP contribution in [0.25, 0.3) is 11.0 Å². The predicted octanol–water partition coefficient (Wildman–Crippen LogP) is 3.72. The van der Waals surface area contributed by atoms with E-state index >= 15 is 0 Å². The summed E-state index contributed by atoms with van der Waals surface area (Å²) in [7, 11) is -3.40. The van der Waals surface area contributed by atoms with Gasteiger partial charge in [-0.25, -0.2) is 27.7 Å². The number of hydrogen-bond acceptors (Lipinski definition) is 7. The van der Waals surface area contributed by atoms with Crippen molar-refractivity contribution >= 4 is 32.7 Å². The molecular formula is C22H25N3O5S. The Morgan fingerprint density at radius 2 is 1.81 bits per heavy atom. The number of ether oxygens (including phenoxy) is 1. The van der Waals surface area contributed by atoms with E-state index in [0.717, 1.165) is 17.4 Å². The van der Waals surface area contributed by atoms with Crippen LogP contribution in [0.5, 0.6) is 0 Å². The lowest BCUT2D eigenvalue weighted by Gasteiger charge is -2.20. The second-order valence-corrected chi connectivity index (χ2v) is 10.4. The number of pyridine rings is 2. The summed E-state index contributed by atoms with van der Waals surface area (Å²) < 4.78 is 30.3. The Hall–Kier alpha value is -3.07. The molecule has 0 saturated carbocycles. The number of ketones is 1. The molecule has 0 N–H and O–H groups in total. The summed E-state index contributed by atoms with van der Waals surface area (Å²) in [4.78, 5) is 33.3. The highest BCUT2D eigenvalue weighted by Crippen LogP contribution is 2.28. The summed E-state index contributed by atoms with van der Waals surface area (Å²) in [5, 5.41) is -0.0128. The van der Waals surface area contributed by atoms with Crippen molar-refractivity contribution in [2.45, 2.75) is 51.7 Å². The Morgan fingerprint density at radius 3 is 2.32 bits per heavy atom. The first kappa shape index (κ1) is 22.6. The average Bonchev–Trinajstić information content (AvgIpc) is 2.91. The monoisotopic (exact) mass is 443 g/mol. The van der Waals surface area contributed by atoms with E-state index in [1.54, 1.807) is 45.9 Å². The Bertz CT molecular complexity index is 1280. The van der Waals surface area contributed by atoms with Gasteiger partial charge in [0.15, 0.2) is 20.6 Å². The van der Waals surface area contributed by atoms with E-state index in [2.05, 4.69) is 9.97 Å². The largest absolute Gasteiger partial charge is 0.443 e. The molecule has 0 aromatic carbocycles. The van der Waals surface area contributed by atoms with Gasteiger partial charge in [-0.05, 0) is 51.5 Å². The van der Waals surface area contributed by atoms with Crippen molar-refractivity contribution in [3.63, 3.8) is 0 Å². The maximum absolute atomic E-state index is 12.9. The minimum absolute atomic E-state index is 0.0128. The third kappa shape index (κ3) is 4.82. The molecule has 3 rings (SSSR count). The van der Waals surface area contributed by atoms with Gasteiger partial charge in [0.25, 0.3) is 0 Å². The fourth-order valence-electron chi connectivity index (χ4n) is 3.23. The SMILES string of the molecule is CC(=O)c1ccc2c(n1)c(Cc1ccc(S(C)(=O)=O)nc1)c(C)n2C(=O)OC(C)(C)C. The molecule has 31 heavy (non-hydrogen) atoms. The molecule has 0 amide bonds. The van der Waals surface area contributed by atoms with Crippen LogP contribution in [-0.2, 0) is 21.0 Å². The van der Waals surface area contributed by atoms with Crippen LogP contribution in [0.1, 0.15) is 55.0 Å². The molecule has 0 bridgehead atoms. The highest BCUT2D eigenvalue weighted by atomic mass is 32.2. The molecule has 3 aromatic rings. The van der Waals surface area contributed by atoms with Crippen molar-refractivity contribution in [1.29, 1.82) is 0 Å². The molecule has 0 aliphatic heterocycles. The fourth-order valence-corrected chi connectivity index (χ4v) is 3.79. The van der Waals surface area contributed by atoms with Crippen molar-refractivity contribution < 1.29 is 22.7 Å². The van der Waals surface area contributed by atoms with Gasteiger partial charge >= 0.3 is 6.09 Å². The number of hydrogen-bond donors (Lipinski definition) is 0. The Kier molecular flexibility index (Phi) is 5.75. The second kappa shape index (κ2) is 7.88. The fraction of sp³-hybridized carbons (Fsp3) is 0.364. The lowest BCUT2D eigenvalue weighted by molar-refractivity contribution is 0.0541. The van der Waals surface area contributed by atoms with E-state index in [-0.39, 0.29) is 10.8 Å². The Balaban J connectivity index is 2.15. The van der Waals surface area contributed by atoms with Crippen LogP contribution in [0.4, 0.5) is 4.79 Å². The summed E-state index contributed by atoms with van der Waals surface area (Å²) >= 11 is 0. The van der Waals surface area contributed by atoms with Gasteiger partial charge in [-0.3, -0.25) is 4.79 Å². The number of sulfone groups is 1. The number of fused-ring (bicyclic) bond motifs is 1. The first-order valence-corrected chi connectivity index (χ1v) is 11.6. The van der Waals surface area contributed by atoms with E-state index in [1.165, 1.54) is 23.8 Å². The van der Waals surface area contributed by atoms with Gasteiger partial charge in [0.2, 0.25) is 0 Å². The molecular weight excluding hydrogens is 418 g/mol. The van der Waals surface area contributed by atoms with Gasteiger partial charge in [0.05, 0.1) is 11.0 Å². The number of nitrogens with zero attached hydrogens (tertiary/aromatic N) is 3. The van der Waals surface area contributed by atoms with Crippen molar-refractivity contribution in [2.24, 2.45) is 0 Å². The van der Waals surface area contributed by atoms with Gasteiger partial charge in [-0.1, -0.05) is 6.07 Å². The maximum Gasteiger partial charge on any atom is 0.419 e. The van der Waals surface area contributed by atoms with Crippen molar-refractivity contribution in [2.75, 3.05) is 6.26 Å². The zero-order valence-electron chi connectivity index (χ0n) is 18.4. The minimum Gasteiger partial charge on any atom is -0.443 e. The smallest absolute Gasteiger partial charge is 0.419 e. The number of carbonyl (C=O) groups is 2. The quantitative estimate of drug-likeness (QED) is 0.565. The number of aromatic nitrogens is 3. The molecule has 0 fully saturated rings. The van der Waals surface area contributed by atoms with Crippen LogP contribution in [0.3, 0.4) is 0 Å². The summed E-state index contributed by atoms with van der Waals surface area (Å²) in [5.41, 5.74) is 2.77. The first-order valence-electron chi connectivity index (χ1n) is 9.68. The van der Waals surface area contributed by atoms with E-state index in [4.69, 9.17) is 4.74 Å². The average molecular weight is 444 g/mol. The van der Waals surface area contributed by atoms with Crippen LogP contribution in [0, 0.1) is 6.92 Å². The molecule has 9 heteroatoms. The lowest BCUT2D eigenvalue weighted by Crippen LogP contribution is -2.27. The summed E-state index contributed by atoms with van der Waals surface area (Å²) in [6.45, 7) is 8.57. The zero-order chi connectivity index (χ0) is 23.1. The van der Waals surface area contributed by atoms with E-state index < -0.39 is 21.5 Å². The van der Waals surface area contributed by atoms with Crippen LogP contribution >= 0.6 is 0 Å². The van der Waals surface area contributed by atoms with Crippen LogP contribution < -0.4 is 0 Å². The van der Waals surface area contributed by atoms with Gasteiger partial charge in [-0.15, -0.1) is 0 Å². The third-order valence-electron chi connectivity index (χ3n) is 4.67. The Labute approximate surface area is 181 Å². The summed E-state index contributed by atoms with van der Waals surface area (Å²) in [6, 6.07) is 6.39. The summed E-state index contributed by atoms with van der Waals surface area (Å²) in [5.74, 6) is -0.185. The van der Waals surface area contributed by atoms with Gasteiger partial charge in [0.1, 0.15) is 11.3 Å². The molecule has 3 heterocycles. The van der Waals surface area contributed by atoms with E-state index in [1.807, 2.05) is 0 Å². The van der Waals surface area contributed by atoms with Gasteiger partial charge in [0, 0.05) is 37.1 Å². The van der Waals surface area contributed by atoms with Crippen LogP contribution in [-0.4, -0.2) is 46.7 Å². The normalized spacial score (nSPS) is 12.2. The van der Waals surface area contributed by atoms with Crippen molar-refractivity contribution in [3.8, 4) is 0 Å². The second-order valence-electron chi connectivity index (χ2n) is 8.45. The number of carbonyl (C=O) groups excluding carboxylic acids is 2. The number of Topliss-reactive ketones (excluding diaryl/α,β-unsaturated/α-hetero) is 1. The lowest BCUT2D eigenvalue weighted by atomic mass is 10.1. The van der Waals surface area contributed by atoms with Gasteiger partial charge < -0.3 is 4.74 Å². The standard InChI is InChI=1S/C22H25N3O5S/c1-13-16(11-15-7-10-19(23-12-15)31(6,28)29)20-18(9-8-17(24-20)14(2)26)25(13)21(27)30-22(3,4)5/h7-10,12H,11H2,1-6H3. The molecule has 0 atom stereocenters. The highest BCUT2D eigenvalue weighted by molar-refractivity contribution is 7.90. The van der Waals surface area contributed by atoms with Crippen molar-refractivity contribution in [3.05, 3.63) is 53.0 Å². The first-order chi connectivity index (χ1) is 14.3. The Morgan fingerprint density at radius 1 is 1.13 bits per heavy atom. The van der Waals surface area contributed by atoms with E-state index in [9.17, 15) is 18.0 Å². The molecule has 164 valence electrons. The topological polar surface area (TPSA) is 108 Å². The highest BCUT2D eigenvalue weighted by Gasteiger charge is 2.25. The zero-order valence-corrected chi connectivity index (χ0v) is 19.2.